The molecule has 0 radical (unpaired) electrons. The number of ether oxygens (including phenoxy) is 1. The Hall–Kier alpha value is -4.55. The molecule has 46 heavy (non-hydrogen) atoms. The number of fused-ring (bicyclic) bond motifs is 2. The lowest BCUT2D eigenvalue weighted by Gasteiger charge is -2.33. The zero-order valence-corrected chi connectivity index (χ0v) is 26.4. The van der Waals surface area contributed by atoms with Crippen molar-refractivity contribution in [1.29, 1.82) is 0 Å². The van der Waals surface area contributed by atoms with Crippen LogP contribution in [0.3, 0.4) is 0 Å². The van der Waals surface area contributed by atoms with Crippen molar-refractivity contribution >= 4 is 42.4 Å². The van der Waals surface area contributed by atoms with E-state index in [4.69, 9.17) is 4.74 Å². The van der Waals surface area contributed by atoms with Crippen LogP contribution in [0.5, 0.6) is 0 Å². The maximum atomic E-state index is 15.6. The summed E-state index contributed by atoms with van der Waals surface area (Å²) < 4.78 is 38.2. The van der Waals surface area contributed by atoms with Crippen LogP contribution in [0.4, 0.5) is 8.63 Å². The average Bonchev–Trinajstić information content (AvgIpc) is 3.57. The summed E-state index contributed by atoms with van der Waals surface area (Å²) in [6.45, 7) is 1.53. The summed E-state index contributed by atoms with van der Waals surface area (Å²) in [6.07, 6.45) is 7.27. The lowest BCUT2D eigenvalue weighted by molar-refractivity contribution is -0.362. The molecule has 0 spiro atoms. The molecule has 1 aromatic carbocycles. The van der Waals surface area contributed by atoms with Gasteiger partial charge in [0.25, 0.3) is 0 Å². The molecule has 3 aliphatic heterocycles. The van der Waals surface area contributed by atoms with Gasteiger partial charge >= 0.3 is 12.9 Å². The quantitative estimate of drug-likeness (QED) is 0.167. The minimum absolute atomic E-state index is 0.0801. The highest BCUT2D eigenvalue weighted by molar-refractivity contribution is 6.58. The van der Waals surface area contributed by atoms with Crippen molar-refractivity contribution in [3.8, 4) is 0 Å². The van der Waals surface area contributed by atoms with E-state index >= 15 is 8.63 Å². The number of allylic oxidation sites excluding steroid dienone is 2. The Bertz CT molecular complexity index is 1620. The number of amides is 3. The van der Waals surface area contributed by atoms with Crippen molar-refractivity contribution in [1.82, 2.24) is 20.4 Å². The summed E-state index contributed by atoms with van der Waals surface area (Å²) in [6, 6.07) is 9.47. The minimum atomic E-state index is -4.06. The van der Waals surface area contributed by atoms with Gasteiger partial charge in [-0.15, -0.1) is 0 Å². The Labute approximate surface area is 267 Å². The van der Waals surface area contributed by atoms with Gasteiger partial charge in [-0.1, -0.05) is 36.8 Å². The molecule has 3 aliphatic rings. The van der Waals surface area contributed by atoms with Gasteiger partial charge in [0.05, 0.1) is 0 Å². The Balaban J connectivity index is 1.03. The zero-order valence-electron chi connectivity index (χ0n) is 26.4. The van der Waals surface area contributed by atoms with E-state index in [2.05, 4.69) is 16.0 Å². The number of esters is 1. The Kier molecular flexibility index (Phi) is 9.88. The Morgan fingerprint density at radius 1 is 1.04 bits per heavy atom. The first-order valence-corrected chi connectivity index (χ1v) is 15.8. The van der Waals surface area contributed by atoms with Crippen molar-refractivity contribution in [3.63, 3.8) is 0 Å². The molecule has 1 aromatic heterocycles. The van der Waals surface area contributed by atoms with Crippen molar-refractivity contribution in [2.24, 2.45) is 0 Å². The third-order valence-corrected chi connectivity index (χ3v) is 8.68. The van der Waals surface area contributed by atoms with Gasteiger partial charge in [0.2, 0.25) is 17.7 Å². The number of nitrogens with zero attached hydrogens (tertiary/aromatic N) is 2. The summed E-state index contributed by atoms with van der Waals surface area (Å²) in [4.78, 5) is 49.8. The number of cyclic esters (lactones) is 1. The number of hydrogen-bond acceptors (Lipinski definition) is 5. The SMILES string of the molecule is Cc1cc(C)n2c1C=C1C=CC(CCC(=O)NCCCCCC(=O)N[C@H](Cc3ccccc3)C(=O)N[C@@H]3C(=O)O[C@@H]3C)=[N+]1[B-]2(F)F. The molecule has 244 valence electrons. The first kappa shape index (κ1) is 32.8. The monoisotopic (exact) mass is 635 g/mol. The Morgan fingerprint density at radius 3 is 2.52 bits per heavy atom. The number of halogens is 2. The molecule has 5 rings (SSSR count). The van der Waals surface area contributed by atoms with E-state index in [9.17, 15) is 19.2 Å². The third-order valence-electron chi connectivity index (χ3n) is 8.68. The van der Waals surface area contributed by atoms with Crippen LogP contribution in [-0.4, -0.2) is 70.1 Å². The maximum Gasteiger partial charge on any atom is 0.737 e. The van der Waals surface area contributed by atoms with Crippen LogP contribution in [0.1, 0.15) is 68.0 Å². The van der Waals surface area contributed by atoms with Gasteiger partial charge in [-0.2, -0.15) is 0 Å². The van der Waals surface area contributed by atoms with Crippen molar-refractivity contribution < 1.29 is 37.0 Å². The minimum Gasteiger partial charge on any atom is -0.458 e. The number of aryl methyl sites for hydroxylation is 2. The molecule has 13 heteroatoms. The first-order chi connectivity index (χ1) is 22.0. The molecule has 2 aromatic rings. The number of aromatic nitrogens is 1. The summed E-state index contributed by atoms with van der Waals surface area (Å²) in [5.74, 6) is -1.45. The van der Waals surface area contributed by atoms with E-state index in [1.807, 2.05) is 37.3 Å². The lowest BCUT2D eigenvalue weighted by atomic mass is 9.90. The van der Waals surface area contributed by atoms with Gasteiger partial charge < -0.3 is 38.3 Å². The molecule has 1 fully saturated rings. The van der Waals surface area contributed by atoms with Gasteiger partial charge in [0, 0.05) is 56.2 Å². The predicted octanol–water partition coefficient (Wildman–Crippen LogP) is 3.32. The van der Waals surface area contributed by atoms with E-state index in [1.165, 1.54) is 0 Å². The number of unbranched alkanes of at least 4 members (excludes halogenated alkanes) is 2. The van der Waals surface area contributed by atoms with E-state index in [-0.39, 0.29) is 37.5 Å². The molecular weight excluding hydrogens is 595 g/mol. The number of carbonyl (C=O) groups excluding carboxylic acids is 4. The molecular formula is C33H40BF2N5O5. The number of carbonyl (C=O) groups is 4. The molecule has 1 saturated heterocycles. The second-order valence-electron chi connectivity index (χ2n) is 12.2. The van der Waals surface area contributed by atoms with E-state index in [0.29, 0.717) is 48.6 Å². The van der Waals surface area contributed by atoms with Crippen molar-refractivity contribution in [2.45, 2.75) is 83.9 Å². The maximum absolute atomic E-state index is 15.6. The normalized spacial score (nSPS) is 19.8. The van der Waals surface area contributed by atoms with Crippen LogP contribution in [0.15, 0.2) is 54.2 Å². The number of hydrogen-bond donors (Lipinski definition) is 3. The largest absolute Gasteiger partial charge is 0.737 e. The average molecular weight is 636 g/mol. The third kappa shape index (κ3) is 7.13. The molecule has 0 bridgehead atoms. The smallest absolute Gasteiger partial charge is 0.458 e. The zero-order chi connectivity index (χ0) is 33.0. The van der Waals surface area contributed by atoms with Crippen LogP contribution in [0.25, 0.3) is 6.08 Å². The van der Waals surface area contributed by atoms with Gasteiger partial charge in [0.1, 0.15) is 17.9 Å². The van der Waals surface area contributed by atoms with Gasteiger partial charge in [-0.05, 0) is 56.5 Å². The number of nitrogens with one attached hydrogen (secondary N) is 3. The number of rotatable bonds is 14. The highest BCUT2D eigenvalue weighted by Crippen LogP contribution is 2.34. The molecule has 0 saturated carbocycles. The summed E-state index contributed by atoms with van der Waals surface area (Å²) >= 11 is 0. The van der Waals surface area contributed by atoms with E-state index in [0.717, 1.165) is 20.1 Å². The molecule has 0 aliphatic carbocycles. The first-order valence-electron chi connectivity index (χ1n) is 15.8. The fourth-order valence-corrected chi connectivity index (χ4v) is 6.24. The van der Waals surface area contributed by atoms with Crippen LogP contribution < -0.4 is 16.0 Å². The highest BCUT2D eigenvalue weighted by atomic mass is 19.2. The molecule has 10 nitrogen and oxygen atoms in total. The molecule has 3 atom stereocenters. The van der Waals surface area contributed by atoms with Crippen molar-refractivity contribution in [3.05, 3.63) is 76.8 Å². The fourth-order valence-electron chi connectivity index (χ4n) is 6.24. The second kappa shape index (κ2) is 13.8. The number of benzene rings is 1. The molecule has 4 heterocycles. The van der Waals surface area contributed by atoms with Crippen LogP contribution in [0.2, 0.25) is 0 Å². The van der Waals surface area contributed by atoms with Crippen molar-refractivity contribution in [2.75, 3.05) is 6.54 Å². The molecule has 0 unspecified atom stereocenters. The van der Waals surface area contributed by atoms with Gasteiger partial charge in [0.15, 0.2) is 11.7 Å². The molecule has 3 N–H and O–H groups in total. The van der Waals surface area contributed by atoms with Crippen LogP contribution in [0, 0.1) is 13.8 Å². The Morgan fingerprint density at radius 2 is 1.80 bits per heavy atom. The second-order valence-corrected chi connectivity index (χ2v) is 12.2. The summed E-state index contributed by atoms with van der Waals surface area (Å²) in [5.41, 5.74) is 3.53. The van der Waals surface area contributed by atoms with Crippen LogP contribution >= 0.6 is 0 Å². The van der Waals surface area contributed by atoms with E-state index < -0.39 is 37.0 Å². The summed E-state index contributed by atoms with van der Waals surface area (Å²) in [5, 5.41) is 8.30. The highest BCUT2D eigenvalue weighted by Gasteiger charge is 2.52. The standard InChI is InChI=1S/C33H40BF2N5O5/c1-21-18-22(2)40-28(21)20-26-14-13-25(41(26)34(40,35)36)15-16-29(42)37-17-9-5-8-12-30(43)38-27(19-24-10-6-4-7-11-24)32(44)39-31-23(3)46-33(31)45/h4,6-7,10-11,13-14,18,20,23,27,31H,5,8-9,12,15-17,19H2,1-3H3,(H,37,42)(H,38,43)(H,39,44)/t23-,27-,31+/m1/s1. The van der Waals surface area contributed by atoms with Gasteiger partial charge in [-0.25, -0.2) is 4.79 Å². The van der Waals surface area contributed by atoms with E-state index in [1.54, 1.807) is 38.1 Å². The lowest BCUT2D eigenvalue weighted by Crippen LogP contribution is -2.62. The van der Waals surface area contributed by atoms with Gasteiger partial charge in [-0.3, -0.25) is 14.4 Å². The topological polar surface area (TPSA) is 122 Å². The predicted molar refractivity (Wildman–Crippen MR) is 170 cm³/mol. The fraction of sp³-hybridized carbons (Fsp3) is 0.424. The summed E-state index contributed by atoms with van der Waals surface area (Å²) in [7, 11) is 0. The van der Waals surface area contributed by atoms with Crippen LogP contribution in [-0.2, 0) is 30.3 Å². The molecule has 3 amide bonds.